The van der Waals surface area contributed by atoms with Crippen molar-refractivity contribution in [2.24, 2.45) is 0 Å². The van der Waals surface area contributed by atoms with E-state index in [4.69, 9.17) is 11.6 Å². The third kappa shape index (κ3) is 5.74. The van der Waals surface area contributed by atoms with Crippen molar-refractivity contribution in [3.8, 4) is 0 Å². The predicted molar refractivity (Wildman–Crippen MR) is 105 cm³/mol. The molecule has 1 heterocycles. The molecule has 0 radical (unpaired) electrons. The van der Waals surface area contributed by atoms with Crippen molar-refractivity contribution in [2.75, 3.05) is 11.1 Å². The molecule has 27 heavy (non-hydrogen) atoms. The molecule has 0 aliphatic carbocycles. The second kappa shape index (κ2) is 9.43. The van der Waals surface area contributed by atoms with E-state index in [1.165, 1.54) is 11.8 Å². The van der Waals surface area contributed by atoms with Gasteiger partial charge in [-0.15, -0.1) is 10.2 Å². The van der Waals surface area contributed by atoms with Gasteiger partial charge in [0, 0.05) is 22.4 Å². The maximum atomic E-state index is 10.7. The van der Waals surface area contributed by atoms with Crippen LogP contribution in [0.5, 0.6) is 0 Å². The summed E-state index contributed by atoms with van der Waals surface area (Å²) < 4.78 is 2.00. The van der Waals surface area contributed by atoms with E-state index in [1.54, 1.807) is 0 Å². The number of carbonyl (C=O) groups is 1. The number of carboxylic acid groups (broad SMARTS) is 1. The Labute approximate surface area is 166 Å². The van der Waals surface area contributed by atoms with Gasteiger partial charge in [0.05, 0.1) is 13.1 Å². The Balaban J connectivity index is 1.75. The SMILES string of the molecule is O=C([O-])CCSc1nnc(CNc2ccc(Cl)cc2)n1Cc1ccccc1. The maximum absolute atomic E-state index is 10.7. The number of rotatable bonds is 9. The van der Waals surface area contributed by atoms with Crippen LogP contribution in [0.3, 0.4) is 0 Å². The number of carbonyl (C=O) groups excluding carboxylic acids is 1. The molecule has 0 unspecified atom stereocenters. The quantitative estimate of drug-likeness (QED) is 0.555. The molecular weight excluding hydrogens is 384 g/mol. The first-order chi connectivity index (χ1) is 13.1. The highest BCUT2D eigenvalue weighted by atomic mass is 35.5. The van der Waals surface area contributed by atoms with Crippen molar-refractivity contribution in [2.45, 2.75) is 24.7 Å². The van der Waals surface area contributed by atoms with Gasteiger partial charge in [-0.1, -0.05) is 53.7 Å². The van der Waals surface area contributed by atoms with E-state index in [-0.39, 0.29) is 6.42 Å². The zero-order valence-corrected chi connectivity index (χ0v) is 16.0. The van der Waals surface area contributed by atoms with Crippen LogP contribution in [0, 0.1) is 0 Å². The lowest BCUT2D eigenvalue weighted by Gasteiger charge is -2.12. The average Bonchev–Trinajstić information content (AvgIpc) is 3.03. The van der Waals surface area contributed by atoms with E-state index >= 15 is 0 Å². The van der Waals surface area contributed by atoms with E-state index in [0.29, 0.717) is 29.0 Å². The van der Waals surface area contributed by atoms with Crippen molar-refractivity contribution in [1.29, 1.82) is 0 Å². The topological polar surface area (TPSA) is 82.9 Å². The summed E-state index contributed by atoms with van der Waals surface area (Å²) in [4.78, 5) is 10.7. The zero-order chi connectivity index (χ0) is 19.1. The molecule has 0 aliphatic heterocycles. The number of nitrogens with zero attached hydrogens (tertiary/aromatic N) is 3. The van der Waals surface area contributed by atoms with Crippen LogP contribution < -0.4 is 10.4 Å². The number of thioether (sulfide) groups is 1. The van der Waals surface area contributed by atoms with E-state index < -0.39 is 5.97 Å². The fraction of sp³-hybridized carbons (Fsp3) is 0.211. The lowest BCUT2D eigenvalue weighted by molar-refractivity contribution is -0.305. The van der Waals surface area contributed by atoms with Gasteiger partial charge >= 0.3 is 0 Å². The van der Waals surface area contributed by atoms with Gasteiger partial charge in [-0.3, -0.25) is 0 Å². The summed E-state index contributed by atoms with van der Waals surface area (Å²) >= 11 is 7.28. The first kappa shape index (κ1) is 19.3. The Morgan fingerprint density at radius 2 is 1.85 bits per heavy atom. The standard InChI is InChI=1S/C19H19ClN4O2S/c20-15-6-8-16(9-7-15)21-12-17-22-23-19(27-11-10-18(25)26)24(17)13-14-4-2-1-3-5-14/h1-9,21H,10-13H2,(H,25,26)/p-1. The van der Waals surface area contributed by atoms with Crippen molar-refractivity contribution in [3.05, 3.63) is 71.0 Å². The summed E-state index contributed by atoms with van der Waals surface area (Å²) in [6, 6.07) is 17.4. The fourth-order valence-electron chi connectivity index (χ4n) is 2.46. The Morgan fingerprint density at radius 1 is 1.11 bits per heavy atom. The van der Waals surface area contributed by atoms with Gasteiger partial charge in [0.15, 0.2) is 11.0 Å². The summed E-state index contributed by atoms with van der Waals surface area (Å²) in [7, 11) is 0. The number of halogens is 1. The largest absolute Gasteiger partial charge is 0.550 e. The Hall–Kier alpha value is -2.51. The minimum atomic E-state index is -1.07. The van der Waals surface area contributed by atoms with Crippen molar-refractivity contribution in [3.63, 3.8) is 0 Å². The summed E-state index contributed by atoms with van der Waals surface area (Å²) in [5, 5.41) is 23.9. The van der Waals surface area contributed by atoms with Gasteiger partial charge < -0.3 is 19.8 Å². The summed E-state index contributed by atoms with van der Waals surface area (Å²) in [5.74, 6) is 0.0888. The van der Waals surface area contributed by atoms with Crippen LogP contribution in [0.25, 0.3) is 0 Å². The number of anilines is 1. The van der Waals surface area contributed by atoms with Crippen LogP contribution in [0.2, 0.25) is 5.02 Å². The molecule has 3 aromatic rings. The molecule has 8 heteroatoms. The minimum absolute atomic E-state index is 0.0266. The van der Waals surface area contributed by atoms with E-state index in [1.807, 2.05) is 59.2 Å². The molecule has 1 N–H and O–H groups in total. The second-order valence-corrected chi connectivity index (χ2v) is 7.30. The lowest BCUT2D eigenvalue weighted by atomic mass is 10.2. The fourth-order valence-corrected chi connectivity index (χ4v) is 3.46. The monoisotopic (exact) mass is 401 g/mol. The van der Waals surface area contributed by atoms with E-state index in [2.05, 4.69) is 15.5 Å². The highest BCUT2D eigenvalue weighted by Crippen LogP contribution is 2.21. The molecule has 140 valence electrons. The van der Waals surface area contributed by atoms with Gasteiger partial charge in [0.25, 0.3) is 0 Å². The smallest absolute Gasteiger partial charge is 0.191 e. The highest BCUT2D eigenvalue weighted by molar-refractivity contribution is 7.99. The van der Waals surface area contributed by atoms with Crippen LogP contribution in [0.15, 0.2) is 59.8 Å². The van der Waals surface area contributed by atoms with Crippen LogP contribution in [-0.4, -0.2) is 26.5 Å². The van der Waals surface area contributed by atoms with Crippen molar-refractivity contribution in [1.82, 2.24) is 14.8 Å². The molecule has 0 aliphatic rings. The Morgan fingerprint density at radius 3 is 2.56 bits per heavy atom. The number of aromatic nitrogens is 3. The molecule has 0 fully saturated rings. The predicted octanol–water partition coefficient (Wildman–Crippen LogP) is 2.82. The molecule has 0 saturated carbocycles. The minimum Gasteiger partial charge on any atom is -0.550 e. The molecule has 3 rings (SSSR count). The van der Waals surface area contributed by atoms with Crippen LogP contribution in [0.4, 0.5) is 5.69 Å². The number of hydrogen-bond donors (Lipinski definition) is 1. The van der Waals surface area contributed by atoms with Crippen LogP contribution in [-0.2, 0) is 17.9 Å². The summed E-state index contributed by atoms with van der Waals surface area (Å²) in [6.07, 6.45) is -0.0266. The number of carboxylic acids is 1. The average molecular weight is 402 g/mol. The molecular formula is C19H18ClN4O2S-. The highest BCUT2D eigenvalue weighted by Gasteiger charge is 2.13. The normalized spacial score (nSPS) is 10.7. The van der Waals surface area contributed by atoms with E-state index in [0.717, 1.165) is 17.1 Å². The van der Waals surface area contributed by atoms with Crippen molar-refractivity contribution < 1.29 is 9.90 Å². The van der Waals surface area contributed by atoms with Crippen molar-refractivity contribution >= 4 is 35.0 Å². The molecule has 0 amide bonds. The summed E-state index contributed by atoms with van der Waals surface area (Å²) in [6.45, 7) is 1.10. The molecule has 0 atom stereocenters. The van der Waals surface area contributed by atoms with Gasteiger partial charge in [-0.2, -0.15) is 0 Å². The van der Waals surface area contributed by atoms with Crippen LogP contribution in [0.1, 0.15) is 17.8 Å². The second-order valence-electron chi connectivity index (χ2n) is 5.80. The zero-order valence-electron chi connectivity index (χ0n) is 14.5. The van der Waals surface area contributed by atoms with Crippen LogP contribution >= 0.6 is 23.4 Å². The molecule has 0 spiro atoms. The Bertz CT molecular complexity index is 884. The lowest BCUT2D eigenvalue weighted by Crippen LogP contribution is -2.22. The summed E-state index contributed by atoms with van der Waals surface area (Å²) in [5.41, 5.74) is 2.05. The third-order valence-electron chi connectivity index (χ3n) is 3.81. The van der Waals surface area contributed by atoms with Gasteiger partial charge in [0.2, 0.25) is 0 Å². The maximum Gasteiger partial charge on any atom is 0.191 e. The molecule has 0 bridgehead atoms. The molecule has 1 aromatic heterocycles. The molecule has 0 saturated heterocycles. The van der Waals surface area contributed by atoms with Gasteiger partial charge in [0.1, 0.15) is 0 Å². The van der Waals surface area contributed by atoms with Gasteiger partial charge in [-0.25, -0.2) is 0 Å². The molecule has 2 aromatic carbocycles. The first-order valence-corrected chi connectivity index (χ1v) is 9.76. The number of nitrogens with one attached hydrogen (secondary N) is 1. The third-order valence-corrected chi connectivity index (χ3v) is 5.03. The molecule has 6 nitrogen and oxygen atoms in total. The van der Waals surface area contributed by atoms with E-state index in [9.17, 15) is 9.90 Å². The number of hydrogen-bond acceptors (Lipinski definition) is 6. The number of benzene rings is 2. The number of aliphatic carboxylic acids is 1. The first-order valence-electron chi connectivity index (χ1n) is 8.40. The Kier molecular flexibility index (Phi) is 6.73. The van der Waals surface area contributed by atoms with Gasteiger partial charge in [-0.05, 0) is 36.2 Å².